The number of fused-ring (bicyclic) bond motifs is 2. The van der Waals surface area contributed by atoms with Crippen LogP contribution in [0.2, 0.25) is 5.15 Å². The summed E-state index contributed by atoms with van der Waals surface area (Å²) >= 11 is 5.73. The normalized spacial score (nSPS) is 15.3. The number of aliphatic hydroxyl groups excluding tert-OH is 2. The van der Waals surface area contributed by atoms with Gasteiger partial charge in [0.15, 0.2) is 16.8 Å². The van der Waals surface area contributed by atoms with Crippen molar-refractivity contribution in [3.63, 3.8) is 0 Å². The van der Waals surface area contributed by atoms with Gasteiger partial charge in [-0.25, -0.2) is 0 Å². The third-order valence-corrected chi connectivity index (χ3v) is 23.3. The van der Waals surface area contributed by atoms with Crippen molar-refractivity contribution in [3.05, 3.63) is 313 Å². The predicted molar refractivity (Wildman–Crippen MR) is 403 cm³/mol. The van der Waals surface area contributed by atoms with Crippen molar-refractivity contribution in [2.45, 2.75) is 36.1 Å². The van der Waals surface area contributed by atoms with E-state index in [1.807, 2.05) is 24.3 Å². The van der Waals surface area contributed by atoms with Gasteiger partial charge in [-0.3, -0.25) is 19.4 Å². The van der Waals surface area contributed by atoms with Gasteiger partial charge in [-0.1, -0.05) is 230 Å². The van der Waals surface area contributed by atoms with E-state index in [4.69, 9.17) is 40.1 Å². The Bertz CT molecular complexity index is 4720. The molecule has 8 aromatic carbocycles. The maximum absolute atomic E-state index is 12.8. The van der Waals surface area contributed by atoms with Gasteiger partial charge >= 0.3 is 66.1 Å². The van der Waals surface area contributed by atoms with Crippen LogP contribution in [0.25, 0.3) is 22.3 Å². The van der Waals surface area contributed by atoms with Crippen LogP contribution in [0, 0.1) is 11.8 Å². The molecule has 0 spiro atoms. The summed E-state index contributed by atoms with van der Waals surface area (Å²) in [6, 6.07) is 87.3. The molecular formula is C76H63Cl3F6N8O8P2PdS2. The molecule has 2 aliphatic rings. The molecule has 1 unspecified atom stereocenters. The molecule has 0 saturated carbocycles. The smallest absolute Gasteiger partial charge is 0.0134 e. The summed E-state index contributed by atoms with van der Waals surface area (Å²) in [5.74, 6) is -1.08. The number of anilines is 2. The first-order valence-corrected chi connectivity index (χ1v) is 42.0. The number of ether oxygens (including phenoxy) is 2. The molecule has 14 rings (SSSR count). The molecule has 12 aromatic rings. The Morgan fingerprint density at radius 1 is 0.434 bits per heavy atom. The summed E-state index contributed by atoms with van der Waals surface area (Å²) in [5.41, 5.74) is -7.81. The number of aliphatic hydroxyl groups is 2. The SMILES string of the molecule is O=S(=O)(Nc1nnc(Cl)cc1-c1ccc2c(c1)OC[C@H](Cc1ccccn1)[C@H]2O)C(F)(F)F.O=S(=O)(Nc1nnccc1-c1ccc2c(c1)OCC(Cc1ccccn1)[C@H]2O)C(F)(F)F.[Cl][Pd][Cl].c1ccc(P(c2ccccc2)c2ccccc2)cc1.c1ccc(P(c2ccccc2)c2ccccc2)cc1. The molecule has 0 bridgehead atoms. The molecule has 6 heterocycles. The van der Waals surface area contributed by atoms with Crippen LogP contribution in [0.5, 0.6) is 11.5 Å². The van der Waals surface area contributed by atoms with E-state index < -0.39 is 70.8 Å². The maximum Gasteiger partial charge on any atom is -0.0134 e. The molecule has 106 heavy (non-hydrogen) atoms. The molecule has 16 nitrogen and oxygen atoms in total. The number of hydrogen-bond donors (Lipinski definition) is 4. The molecule has 0 radical (unpaired) electrons. The first kappa shape index (κ1) is 79.8. The van der Waals surface area contributed by atoms with Crippen LogP contribution in [0.3, 0.4) is 0 Å². The van der Waals surface area contributed by atoms with Crippen LogP contribution in [-0.4, -0.2) is 81.6 Å². The van der Waals surface area contributed by atoms with Gasteiger partial charge in [-0.2, -0.15) is 48.3 Å². The standard InChI is InChI=1S/C20H16ClF3N4O4S.C20H17F3N4O4S.2C18H15P.2ClH.Pd/c21-17-9-15(19(27-26-17)28-33(30,31)20(22,23)24)11-4-5-14-16(8-11)32-10-12(18(14)29)7-13-3-1-2-6-25-13;21-20(22,23)32(29,30)27-19-15(6-8-25-26-19)12-4-5-16-17(10-12)31-11-13(18(16)28)9-14-3-1-2-7-24-14;2*1-4-10-16(11-5-1)19(17-12-6-2-7-13-17)18-14-8-3-9-15-18;;;/h1-6,8-9,12,18,29H,7,10H2,(H,27,28);1-8,10,13,18,28H,9,11H2,(H,26,27);2*1-15H;2*1H;/q;;;;;;+2/p-2/t12-,18+;13?,18-;;;;;/m01...../s1. The number of aromatic nitrogens is 6. The molecule has 550 valence electrons. The molecule has 4 aromatic heterocycles. The Hall–Kier alpha value is -8.79. The van der Waals surface area contributed by atoms with E-state index in [9.17, 15) is 53.4 Å². The first-order valence-electron chi connectivity index (χ1n) is 32.0. The van der Waals surface area contributed by atoms with Crippen LogP contribution < -0.4 is 50.7 Å². The van der Waals surface area contributed by atoms with Crippen LogP contribution in [-0.2, 0) is 48.8 Å². The van der Waals surface area contributed by atoms with Gasteiger partial charge < -0.3 is 19.7 Å². The molecule has 30 heteroatoms. The van der Waals surface area contributed by atoms with E-state index in [0.29, 0.717) is 41.0 Å². The molecular weight excluding hydrogens is 1610 g/mol. The topological polar surface area (TPSA) is 229 Å². The number of halogens is 9. The van der Waals surface area contributed by atoms with Gasteiger partial charge in [0.05, 0.1) is 31.6 Å². The van der Waals surface area contributed by atoms with Crippen molar-refractivity contribution in [3.8, 4) is 33.8 Å². The number of nitrogens with zero attached hydrogens (tertiary/aromatic N) is 6. The molecule has 0 fully saturated rings. The van der Waals surface area contributed by atoms with E-state index in [2.05, 4.69) is 212 Å². The number of sulfonamides is 2. The minimum Gasteiger partial charge on any atom is -0.0622 e. The van der Waals surface area contributed by atoms with E-state index in [-0.39, 0.29) is 62.8 Å². The zero-order valence-electron chi connectivity index (χ0n) is 55.2. The fraction of sp³-hybridized carbons (Fsp3) is 0.132. The Balaban J connectivity index is 0.000000154. The second-order valence-electron chi connectivity index (χ2n) is 23.1. The van der Waals surface area contributed by atoms with Gasteiger partial charge in [0.2, 0.25) is 0 Å². The van der Waals surface area contributed by atoms with Crippen molar-refractivity contribution in [1.29, 1.82) is 0 Å². The van der Waals surface area contributed by atoms with Gasteiger partial charge in [0, 0.05) is 57.9 Å². The number of alkyl halides is 6. The van der Waals surface area contributed by atoms with Crippen molar-refractivity contribution in [2.75, 3.05) is 22.7 Å². The zero-order chi connectivity index (χ0) is 75.3. The van der Waals surface area contributed by atoms with E-state index in [0.717, 1.165) is 11.4 Å². The van der Waals surface area contributed by atoms with Crippen LogP contribution in [0.15, 0.2) is 286 Å². The summed E-state index contributed by atoms with van der Waals surface area (Å²) in [4.78, 5) is 8.51. The van der Waals surface area contributed by atoms with E-state index in [1.165, 1.54) is 83.9 Å². The van der Waals surface area contributed by atoms with Gasteiger partial charge in [0.1, 0.15) is 11.5 Å². The average Bonchev–Trinajstić information content (AvgIpc) is 0.783. The van der Waals surface area contributed by atoms with Gasteiger partial charge in [0.25, 0.3) is 0 Å². The summed E-state index contributed by atoms with van der Waals surface area (Å²) < 4.78 is 137. The number of rotatable bonds is 16. The summed E-state index contributed by atoms with van der Waals surface area (Å²) in [6.45, 7) is 0.382. The molecule has 0 aliphatic carbocycles. The first-order chi connectivity index (χ1) is 51.0. The Labute approximate surface area is 632 Å². The Kier molecular flexibility index (Phi) is 28.3. The quantitative estimate of drug-likeness (QED) is 0.0401. The minimum atomic E-state index is -5.73. The second-order valence-corrected chi connectivity index (χ2v) is 33.7. The van der Waals surface area contributed by atoms with Crippen molar-refractivity contribution >= 4 is 110 Å². The minimum absolute atomic E-state index is 0.0423. The monoisotopic (exact) mass is 1670 g/mol. The number of nitrogens with one attached hydrogen (secondary N) is 2. The van der Waals surface area contributed by atoms with Crippen LogP contribution in [0.1, 0.15) is 34.7 Å². The molecule has 0 amide bonds. The Morgan fingerprint density at radius 2 is 0.764 bits per heavy atom. The second kappa shape index (κ2) is 37.6. The molecule has 2 aliphatic heterocycles. The van der Waals surface area contributed by atoms with Crippen molar-refractivity contribution in [1.82, 2.24) is 30.4 Å². The van der Waals surface area contributed by atoms with Crippen molar-refractivity contribution in [2.24, 2.45) is 11.8 Å². The predicted octanol–water partition coefficient (Wildman–Crippen LogP) is 15.1. The van der Waals surface area contributed by atoms with E-state index in [1.54, 1.807) is 36.7 Å². The van der Waals surface area contributed by atoms with Crippen molar-refractivity contribution < 1.29 is 78.8 Å². The third-order valence-electron chi connectivity index (χ3n) is 16.1. The van der Waals surface area contributed by atoms with Gasteiger partial charge in [-0.15, -0.1) is 15.3 Å². The van der Waals surface area contributed by atoms with Crippen LogP contribution >= 0.6 is 46.5 Å². The largest absolute Gasteiger partial charge is 0.0622 e. The molecule has 4 N–H and O–H groups in total. The number of pyridine rings is 2. The van der Waals surface area contributed by atoms with Crippen LogP contribution in [0.4, 0.5) is 38.0 Å². The third kappa shape index (κ3) is 21.3. The van der Waals surface area contributed by atoms with E-state index >= 15 is 0 Å². The maximum atomic E-state index is 12.8. The average molecular weight is 1670 g/mol. The fourth-order valence-electron chi connectivity index (χ4n) is 11.2. The fourth-order valence-corrected chi connectivity index (χ4v) is 17.0. The van der Waals surface area contributed by atoms with Gasteiger partial charge in [-0.05, 0) is 120 Å². The summed E-state index contributed by atoms with van der Waals surface area (Å²) in [7, 11) is -2.67. The summed E-state index contributed by atoms with van der Waals surface area (Å²) in [5, 5.41) is 43.7. The number of hydrogen-bond acceptors (Lipinski definition) is 14. The molecule has 4 atom stereocenters. The number of benzene rings is 8. The summed E-state index contributed by atoms with van der Waals surface area (Å²) in [6.07, 6.45) is 3.82. The zero-order valence-corrected chi connectivity index (χ0v) is 62.5. The molecule has 0 saturated heterocycles. The Morgan fingerprint density at radius 3 is 1.09 bits per heavy atom.